The summed E-state index contributed by atoms with van der Waals surface area (Å²) >= 11 is 5.30. The Balaban J connectivity index is 1.66. The third-order valence-electron chi connectivity index (χ3n) is 4.31. The molecule has 3 aromatic rings. The van der Waals surface area contributed by atoms with Crippen LogP contribution < -0.4 is 5.32 Å². The highest BCUT2D eigenvalue weighted by molar-refractivity contribution is 7.71. The van der Waals surface area contributed by atoms with E-state index in [1.807, 2.05) is 43.3 Å². The second-order valence-electron chi connectivity index (χ2n) is 6.33. The molecule has 0 radical (unpaired) electrons. The highest BCUT2D eigenvalue weighted by Crippen LogP contribution is 2.18. The molecule has 1 amide bonds. The van der Waals surface area contributed by atoms with E-state index in [0.717, 1.165) is 17.5 Å². The number of hydrogen-bond donors (Lipinski definition) is 2. The molecule has 0 atom stereocenters. The Kier molecular flexibility index (Phi) is 5.63. The van der Waals surface area contributed by atoms with Crippen molar-refractivity contribution in [3.63, 3.8) is 0 Å². The van der Waals surface area contributed by atoms with Crippen LogP contribution in [-0.2, 0) is 17.8 Å². The number of aromatic amines is 1. The first-order valence-electron chi connectivity index (χ1n) is 8.58. The lowest BCUT2D eigenvalue weighted by atomic mass is 10.1. The van der Waals surface area contributed by atoms with Crippen LogP contribution >= 0.6 is 12.2 Å². The lowest BCUT2D eigenvalue weighted by Gasteiger charge is -2.10. The SMILES string of the molecule is Cc1cccc(-c2n[nH]c(=S)n2CC(=O)NCCc2ccccc2C)c1. The van der Waals surface area contributed by atoms with Gasteiger partial charge in [-0.25, -0.2) is 0 Å². The Morgan fingerprint density at radius 3 is 2.77 bits per heavy atom. The van der Waals surface area contributed by atoms with Crippen LogP contribution in [0.2, 0.25) is 0 Å². The van der Waals surface area contributed by atoms with Crippen molar-refractivity contribution in [2.45, 2.75) is 26.8 Å². The maximum atomic E-state index is 12.4. The smallest absolute Gasteiger partial charge is 0.240 e. The molecule has 134 valence electrons. The lowest BCUT2D eigenvalue weighted by Crippen LogP contribution is -2.29. The van der Waals surface area contributed by atoms with E-state index in [1.54, 1.807) is 4.57 Å². The summed E-state index contributed by atoms with van der Waals surface area (Å²) < 4.78 is 2.17. The van der Waals surface area contributed by atoms with Crippen LogP contribution in [0, 0.1) is 18.6 Å². The van der Waals surface area contributed by atoms with Crippen molar-refractivity contribution in [1.82, 2.24) is 20.1 Å². The zero-order valence-electron chi connectivity index (χ0n) is 15.0. The van der Waals surface area contributed by atoms with Crippen LogP contribution in [0.5, 0.6) is 0 Å². The van der Waals surface area contributed by atoms with Gasteiger partial charge < -0.3 is 5.32 Å². The van der Waals surface area contributed by atoms with Crippen LogP contribution in [0.15, 0.2) is 48.5 Å². The Bertz CT molecular complexity index is 974. The lowest BCUT2D eigenvalue weighted by molar-refractivity contribution is -0.121. The minimum atomic E-state index is -0.0787. The van der Waals surface area contributed by atoms with E-state index < -0.39 is 0 Å². The normalized spacial score (nSPS) is 10.7. The molecule has 0 saturated carbocycles. The van der Waals surface area contributed by atoms with Crippen molar-refractivity contribution in [3.05, 3.63) is 70.0 Å². The summed E-state index contributed by atoms with van der Waals surface area (Å²) in [6.07, 6.45) is 0.805. The molecule has 5 nitrogen and oxygen atoms in total. The van der Waals surface area contributed by atoms with Gasteiger partial charge in [0, 0.05) is 12.1 Å². The van der Waals surface area contributed by atoms with Gasteiger partial charge in [0.05, 0.1) is 0 Å². The Morgan fingerprint density at radius 2 is 2.00 bits per heavy atom. The van der Waals surface area contributed by atoms with Crippen LogP contribution in [-0.4, -0.2) is 27.2 Å². The van der Waals surface area contributed by atoms with Crippen LogP contribution in [0.4, 0.5) is 0 Å². The van der Waals surface area contributed by atoms with Crippen LogP contribution in [0.25, 0.3) is 11.4 Å². The minimum Gasteiger partial charge on any atom is -0.354 e. The minimum absolute atomic E-state index is 0.0787. The summed E-state index contributed by atoms with van der Waals surface area (Å²) in [4.78, 5) is 12.4. The number of carbonyl (C=O) groups is 1. The molecule has 26 heavy (non-hydrogen) atoms. The van der Waals surface area contributed by atoms with Gasteiger partial charge >= 0.3 is 0 Å². The van der Waals surface area contributed by atoms with Gasteiger partial charge in [0.25, 0.3) is 0 Å². The first-order valence-corrected chi connectivity index (χ1v) is 8.99. The molecule has 0 aliphatic carbocycles. The number of carbonyl (C=O) groups excluding carboxylic acids is 1. The number of hydrogen-bond acceptors (Lipinski definition) is 3. The number of amides is 1. The number of benzene rings is 2. The second kappa shape index (κ2) is 8.10. The van der Waals surface area contributed by atoms with Gasteiger partial charge in [0.1, 0.15) is 6.54 Å². The molecule has 3 rings (SSSR count). The molecular weight excluding hydrogens is 344 g/mol. The standard InChI is InChI=1S/C20H22N4OS/c1-14-6-5-9-17(12-14)19-22-23-20(26)24(19)13-18(25)21-11-10-16-8-4-3-7-15(16)2/h3-9,12H,10-11,13H2,1-2H3,(H,21,25)(H,23,26). The fraction of sp³-hybridized carbons (Fsp3) is 0.250. The highest BCUT2D eigenvalue weighted by atomic mass is 32.1. The molecule has 2 aromatic carbocycles. The quantitative estimate of drug-likeness (QED) is 0.656. The average Bonchev–Trinajstić information content (AvgIpc) is 2.97. The van der Waals surface area contributed by atoms with E-state index in [4.69, 9.17) is 12.2 Å². The molecular formula is C20H22N4OS. The molecule has 0 saturated heterocycles. The maximum absolute atomic E-state index is 12.4. The molecule has 0 aliphatic heterocycles. The first-order chi connectivity index (χ1) is 12.5. The first kappa shape index (κ1) is 18.1. The van der Waals surface area contributed by atoms with Gasteiger partial charge in [-0.3, -0.25) is 14.5 Å². The molecule has 6 heteroatoms. The van der Waals surface area contributed by atoms with Crippen molar-refractivity contribution in [1.29, 1.82) is 0 Å². The Labute approximate surface area is 158 Å². The van der Waals surface area contributed by atoms with Crippen molar-refractivity contribution in [2.24, 2.45) is 0 Å². The van der Waals surface area contributed by atoms with E-state index >= 15 is 0 Å². The number of nitrogens with zero attached hydrogens (tertiary/aromatic N) is 2. The monoisotopic (exact) mass is 366 g/mol. The largest absolute Gasteiger partial charge is 0.354 e. The molecule has 0 spiro atoms. The van der Waals surface area contributed by atoms with Gasteiger partial charge in [-0.05, 0) is 49.7 Å². The van der Waals surface area contributed by atoms with E-state index in [9.17, 15) is 4.79 Å². The van der Waals surface area contributed by atoms with Gasteiger partial charge in [0.15, 0.2) is 10.6 Å². The summed E-state index contributed by atoms with van der Waals surface area (Å²) in [7, 11) is 0. The van der Waals surface area contributed by atoms with Gasteiger partial charge in [-0.15, -0.1) is 0 Å². The molecule has 0 unspecified atom stereocenters. The van der Waals surface area contributed by atoms with E-state index in [0.29, 0.717) is 17.1 Å². The zero-order chi connectivity index (χ0) is 18.5. The molecule has 0 aliphatic rings. The van der Waals surface area contributed by atoms with Gasteiger partial charge in [0.2, 0.25) is 5.91 Å². The maximum Gasteiger partial charge on any atom is 0.240 e. The summed E-state index contributed by atoms with van der Waals surface area (Å²) in [5.74, 6) is 0.595. The predicted octanol–water partition coefficient (Wildman–Crippen LogP) is 3.58. The van der Waals surface area contributed by atoms with Crippen molar-refractivity contribution >= 4 is 18.1 Å². The van der Waals surface area contributed by atoms with E-state index in [2.05, 4.69) is 34.6 Å². The number of rotatable bonds is 6. The van der Waals surface area contributed by atoms with E-state index in [-0.39, 0.29) is 12.5 Å². The zero-order valence-corrected chi connectivity index (χ0v) is 15.8. The van der Waals surface area contributed by atoms with Crippen molar-refractivity contribution in [3.8, 4) is 11.4 Å². The Hall–Kier alpha value is -2.73. The van der Waals surface area contributed by atoms with Crippen molar-refractivity contribution in [2.75, 3.05) is 6.54 Å². The summed E-state index contributed by atoms with van der Waals surface area (Å²) in [5, 5.41) is 10.0. The molecule has 1 aromatic heterocycles. The third kappa shape index (κ3) is 4.26. The van der Waals surface area contributed by atoms with Gasteiger partial charge in [-0.1, -0.05) is 48.0 Å². The topological polar surface area (TPSA) is 62.7 Å². The Morgan fingerprint density at radius 1 is 1.19 bits per heavy atom. The molecule has 1 heterocycles. The fourth-order valence-electron chi connectivity index (χ4n) is 2.90. The average molecular weight is 366 g/mol. The number of nitrogens with one attached hydrogen (secondary N) is 2. The predicted molar refractivity (Wildman–Crippen MR) is 105 cm³/mol. The molecule has 0 fully saturated rings. The summed E-state index contributed by atoms with van der Waals surface area (Å²) in [6.45, 7) is 4.84. The van der Waals surface area contributed by atoms with E-state index in [1.165, 1.54) is 11.1 Å². The summed E-state index contributed by atoms with van der Waals surface area (Å²) in [5.41, 5.74) is 4.55. The molecule has 2 N–H and O–H groups in total. The fourth-order valence-corrected chi connectivity index (χ4v) is 3.09. The third-order valence-corrected chi connectivity index (χ3v) is 4.63. The number of aromatic nitrogens is 3. The van der Waals surface area contributed by atoms with Crippen LogP contribution in [0.1, 0.15) is 16.7 Å². The van der Waals surface area contributed by atoms with Crippen LogP contribution in [0.3, 0.4) is 0 Å². The van der Waals surface area contributed by atoms with Gasteiger partial charge in [-0.2, -0.15) is 5.10 Å². The second-order valence-corrected chi connectivity index (χ2v) is 6.72. The summed E-state index contributed by atoms with van der Waals surface area (Å²) in [6, 6.07) is 16.2. The number of H-pyrrole nitrogens is 1. The van der Waals surface area contributed by atoms with Crippen molar-refractivity contribution < 1.29 is 4.79 Å². The highest BCUT2D eigenvalue weighted by Gasteiger charge is 2.12. The molecule has 0 bridgehead atoms. The number of aryl methyl sites for hydroxylation is 2.